The Labute approximate surface area is 128 Å². The molecule has 22 heavy (non-hydrogen) atoms. The molecule has 6 nitrogen and oxygen atoms in total. The monoisotopic (exact) mass is 300 g/mol. The first-order chi connectivity index (χ1) is 10.7. The van der Waals surface area contributed by atoms with Gasteiger partial charge in [-0.05, 0) is 32.0 Å². The lowest BCUT2D eigenvalue weighted by atomic mass is 10.1. The van der Waals surface area contributed by atoms with Gasteiger partial charge in [0.25, 0.3) is 11.5 Å². The van der Waals surface area contributed by atoms with Gasteiger partial charge in [-0.2, -0.15) is 5.10 Å². The number of nitrogens with one attached hydrogen (secondary N) is 2. The van der Waals surface area contributed by atoms with Crippen LogP contribution in [0.25, 0.3) is 10.8 Å². The van der Waals surface area contributed by atoms with E-state index in [2.05, 4.69) is 27.3 Å². The minimum absolute atomic E-state index is 0.240. The van der Waals surface area contributed by atoms with Crippen molar-refractivity contribution in [2.24, 2.45) is 0 Å². The van der Waals surface area contributed by atoms with E-state index >= 15 is 0 Å². The summed E-state index contributed by atoms with van der Waals surface area (Å²) >= 11 is 0. The molecule has 0 radical (unpaired) electrons. The number of aromatic amines is 1. The van der Waals surface area contributed by atoms with Gasteiger partial charge in [-0.15, -0.1) is 0 Å². The van der Waals surface area contributed by atoms with Crippen molar-refractivity contribution in [2.45, 2.75) is 25.8 Å². The number of nitrogens with zero attached hydrogens (tertiary/aromatic N) is 2. The molecule has 1 atom stereocenters. The van der Waals surface area contributed by atoms with Crippen molar-refractivity contribution in [3.8, 4) is 0 Å². The Morgan fingerprint density at radius 3 is 2.95 bits per heavy atom. The van der Waals surface area contributed by atoms with E-state index in [0.717, 1.165) is 19.5 Å². The fraction of sp³-hybridized carbons (Fsp3) is 0.438. The quantitative estimate of drug-likeness (QED) is 0.887. The number of carbonyl (C=O) groups is 1. The van der Waals surface area contributed by atoms with Gasteiger partial charge in [0.15, 0.2) is 5.69 Å². The van der Waals surface area contributed by atoms with Gasteiger partial charge in [0, 0.05) is 18.0 Å². The first kappa shape index (κ1) is 14.7. The van der Waals surface area contributed by atoms with Crippen LogP contribution < -0.4 is 10.9 Å². The number of carbonyl (C=O) groups excluding carboxylic acids is 1. The van der Waals surface area contributed by atoms with E-state index in [0.29, 0.717) is 23.4 Å². The number of amides is 1. The van der Waals surface area contributed by atoms with E-state index in [-0.39, 0.29) is 17.2 Å². The predicted molar refractivity (Wildman–Crippen MR) is 85.0 cm³/mol. The number of fused-ring (bicyclic) bond motifs is 1. The highest BCUT2D eigenvalue weighted by atomic mass is 16.2. The molecule has 2 aromatic rings. The molecule has 2 heterocycles. The van der Waals surface area contributed by atoms with E-state index in [1.54, 1.807) is 24.3 Å². The van der Waals surface area contributed by atoms with Crippen LogP contribution in [0.2, 0.25) is 0 Å². The number of likely N-dealkylation sites (tertiary alicyclic amines) is 1. The molecule has 6 heteroatoms. The number of hydrogen-bond donors (Lipinski definition) is 2. The molecule has 1 saturated heterocycles. The Morgan fingerprint density at radius 2 is 2.18 bits per heavy atom. The van der Waals surface area contributed by atoms with Crippen LogP contribution in [0.3, 0.4) is 0 Å². The van der Waals surface area contributed by atoms with Crippen LogP contribution in [0, 0.1) is 0 Å². The number of aromatic nitrogens is 2. The van der Waals surface area contributed by atoms with Gasteiger partial charge >= 0.3 is 0 Å². The van der Waals surface area contributed by atoms with E-state index in [4.69, 9.17) is 0 Å². The largest absolute Gasteiger partial charge is 0.349 e. The Hall–Kier alpha value is -2.21. The summed E-state index contributed by atoms with van der Waals surface area (Å²) in [5.74, 6) is -0.240. The molecule has 1 aliphatic heterocycles. The second kappa shape index (κ2) is 6.27. The second-order valence-electron chi connectivity index (χ2n) is 5.58. The van der Waals surface area contributed by atoms with Gasteiger partial charge in [0.1, 0.15) is 0 Å². The Balaban J connectivity index is 1.78. The highest BCUT2D eigenvalue weighted by molar-refractivity contribution is 6.04. The molecule has 0 unspecified atom stereocenters. The number of benzene rings is 1. The molecule has 0 bridgehead atoms. The van der Waals surface area contributed by atoms with Crippen LogP contribution in [0.4, 0.5) is 0 Å². The van der Waals surface area contributed by atoms with Crippen molar-refractivity contribution >= 4 is 16.7 Å². The third-order valence-corrected chi connectivity index (χ3v) is 4.31. The molecule has 116 valence electrons. The molecule has 1 aromatic carbocycles. The molecule has 1 amide bonds. The SMILES string of the molecule is CCN1CCC[C@H]1CNC(=O)c1n[nH]c(=O)c2ccccc12. The third kappa shape index (κ3) is 2.74. The zero-order chi connectivity index (χ0) is 15.5. The van der Waals surface area contributed by atoms with Gasteiger partial charge in [0.05, 0.1) is 5.39 Å². The van der Waals surface area contributed by atoms with E-state index in [9.17, 15) is 9.59 Å². The molecule has 1 aliphatic rings. The van der Waals surface area contributed by atoms with Crippen molar-refractivity contribution in [3.05, 3.63) is 40.3 Å². The zero-order valence-electron chi connectivity index (χ0n) is 12.6. The molecule has 0 aliphatic carbocycles. The van der Waals surface area contributed by atoms with Crippen molar-refractivity contribution in [1.29, 1.82) is 0 Å². The maximum atomic E-state index is 12.4. The van der Waals surface area contributed by atoms with Crippen LogP contribution in [0.15, 0.2) is 29.1 Å². The average Bonchev–Trinajstić information content (AvgIpc) is 3.01. The Kier molecular flexibility index (Phi) is 4.20. The smallest absolute Gasteiger partial charge is 0.272 e. The summed E-state index contributed by atoms with van der Waals surface area (Å²) in [5, 5.41) is 10.3. The lowest BCUT2D eigenvalue weighted by Crippen LogP contribution is -2.40. The van der Waals surface area contributed by atoms with Crippen molar-refractivity contribution < 1.29 is 4.79 Å². The minimum Gasteiger partial charge on any atom is -0.349 e. The second-order valence-corrected chi connectivity index (χ2v) is 5.58. The number of hydrogen-bond acceptors (Lipinski definition) is 4. The van der Waals surface area contributed by atoms with Crippen LogP contribution in [0.1, 0.15) is 30.3 Å². The molecular formula is C16H20N4O2. The summed E-state index contributed by atoms with van der Waals surface area (Å²) < 4.78 is 0. The van der Waals surface area contributed by atoms with Gasteiger partial charge in [0.2, 0.25) is 0 Å². The molecule has 1 fully saturated rings. The molecule has 1 aromatic heterocycles. The van der Waals surface area contributed by atoms with Crippen LogP contribution in [-0.2, 0) is 0 Å². The standard InChI is InChI=1S/C16H20N4O2/c1-2-20-9-5-6-11(20)10-17-16(22)14-12-7-3-4-8-13(12)15(21)19-18-14/h3-4,7-8,11H,2,5-6,9-10H2,1H3,(H,17,22)(H,19,21)/t11-/m0/s1. The lowest BCUT2D eigenvalue weighted by molar-refractivity contribution is 0.0937. The summed E-state index contributed by atoms with van der Waals surface area (Å²) in [4.78, 5) is 26.5. The van der Waals surface area contributed by atoms with E-state index < -0.39 is 0 Å². The summed E-state index contributed by atoms with van der Waals surface area (Å²) in [7, 11) is 0. The van der Waals surface area contributed by atoms with Gasteiger partial charge in [-0.3, -0.25) is 14.5 Å². The average molecular weight is 300 g/mol. The summed E-state index contributed by atoms with van der Waals surface area (Å²) in [6.45, 7) is 4.84. The fourth-order valence-electron chi connectivity index (χ4n) is 3.12. The molecule has 0 spiro atoms. The molecular weight excluding hydrogens is 280 g/mol. The van der Waals surface area contributed by atoms with Crippen molar-refractivity contribution in [2.75, 3.05) is 19.6 Å². The van der Waals surface area contributed by atoms with Crippen molar-refractivity contribution in [1.82, 2.24) is 20.4 Å². The normalized spacial score (nSPS) is 18.7. The maximum absolute atomic E-state index is 12.4. The number of likely N-dealkylation sites (N-methyl/N-ethyl adjacent to an activating group) is 1. The minimum atomic E-state index is -0.278. The first-order valence-electron chi connectivity index (χ1n) is 7.70. The fourth-order valence-corrected chi connectivity index (χ4v) is 3.12. The van der Waals surface area contributed by atoms with Gasteiger partial charge in [-0.25, -0.2) is 5.10 Å². The first-order valence-corrected chi connectivity index (χ1v) is 7.70. The topological polar surface area (TPSA) is 78.1 Å². The predicted octanol–water partition coefficient (Wildman–Crippen LogP) is 1.14. The number of rotatable bonds is 4. The molecule has 0 saturated carbocycles. The van der Waals surface area contributed by atoms with Gasteiger partial charge in [-0.1, -0.05) is 25.1 Å². The highest BCUT2D eigenvalue weighted by Gasteiger charge is 2.24. The van der Waals surface area contributed by atoms with Crippen molar-refractivity contribution in [3.63, 3.8) is 0 Å². The summed E-state index contributed by atoms with van der Waals surface area (Å²) in [6.07, 6.45) is 2.28. The molecule has 2 N–H and O–H groups in total. The zero-order valence-corrected chi connectivity index (χ0v) is 12.6. The number of H-pyrrole nitrogens is 1. The third-order valence-electron chi connectivity index (χ3n) is 4.31. The van der Waals surface area contributed by atoms with E-state index in [1.165, 1.54) is 6.42 Å². The highest BCUT2D eigenvalue weighted by Crippen LogP contribution is 2.16. The van der Waals surface area contributed by atoms with Crippen LogP contribution in [0.5, 0.6) is 0 Å². The lowest BCUT2D eigenvalue weighted by Gasteiger charge is -2.22. The van der Waals surface area contributed by atoms with Crippen LogP contribution in [-0.4, -0.2) is 46.7 Å². The van der Waals surface area contributed by atoms with Gasteiger partial charge < -0.3 is 5.32 Å². The van der Waals surface area contributed by atoms with Crippen LogP contribution >= 0.6 is 0 Å². The molecule has 3 rings (SSSR count). The Bertz CT molecular complexity index is 740. The summed E-state index contributed by atoms with van der Waals surface area (Å²) in [5.41, 5.74) is -0.00338. The Morgan fingerprint density at radius 1 is 1.41 bits per heavy atom. The maximum Gasteiger partial charge on any atom is 0.272 e. The summed E-state index contributed by atoms with van der Waals surface area (Å²) in [6, 6.07) is 7.42. The van der Waals surface area contributed by atoms with E-state index in [1.807, 2.05) is 0 Å².